The van der Waals surface area contributed by atoms with Gasteiger partial charge in [0.1, 0.15) is 5.75 Å². The van der Waals surface area contributed by atoms with Gasteiger partial charge >= 0.3 is 5.97 Å². The Morgan fingerprint density at radius 1 is 1.29 bits per heavy atom. The minimum absolute atomic E-state index is 0.142. The fourth-order valence-corrected chi connectivity index (χ4v) is 2.88. The van der Waals surface area contributed by atoms with E-state index in [1.165, 1.54) is 12.7 Å². The highest BCUT2D eigenvalue weighted by Crippen LogP contribution is 2.27. The lowest BCUT2D eigenvalue weighted by Gasteiger charge is -2.36. The van der Waals surface area contributed by atoms with E-state index in [-0.39, 0.29) is 12.0 Å². The van der Waals surface area contributed by atoms with E-state index in [0.717, 1.165) is 25.3 Å². The normalized spacial score (nSPS) is 22.8. The first kappa shape index (κ1) is 15.8. The summed E-state index contributed by atoms with van der Waals surface area (Å²) in [6, 6.07) is 8.30. The van der Waals surface area contributed by atoms with Crippen LogP contribution in [0.15, 0.2) is 24.3 Å². The molecule has 2 rings (SSSR count). The van der Waals surface area contributed by atoms with Crippen LogP contribution in [0.4, 0.5) is 0 Å². The molecule has 0 amide bonds. The van der Waals surface area contributed by atoms with Gasteiger partial charge in [0.05, 0.1) is 20.6 Å². The fraction of sp³-hybridized carbons (Fsp3) is 0.562. The van der Waals surface area contributed by atoms with Crippen molar-refractivity contribution in [2.75, 3.05) is 33.9 Å². The van der Waals surface area contributed by atoms with Crippen molar-refractivity contribution in [1.29, 1.82) is 0 Å². The first-order valence-corrected chi connectivity index (χ1v) is 7.31. The maximum Gasteiger partial charge on any atom is 0.306 e. The van der Waals surface area contributed by atoms with E-state index in [9.17, 15) is 4.79 Å². The van der Waals surface area contributed by atoms with Crippen LogP contribution in [-0.2, 0) is 9.53 Å². The predicted octanol–water partition coefficient (Wildman–Crippen LogP) is 1.37. The molecule has 21 heavy (non-hydrogen) atoms. The molecule has 116 valence electrons. The van der Waals surface area contributed by atoms with E-state index < -0.39 is 0 Å². The van der Waals surface area contributed by atoms with Crippen molar-refractivity contribution in [2.24, 2.45) is 5.73 Å². The van der Waals surface area contributed by atoms with Gasteiger partial charge in [0.15, 0.2) is 0 Å². The van der Waals surface area contributed by atoms with Crippen molar-refractivity contribution in [3.8, 4) is 5.75 Å². The number of benzene rings is 1. The zero-order chi connectivity index (χ0) is 15.2. The fourth-order valence-electron chi connectivity index (χ4n) is 2.88. The van der Waals surface area contributed by atoms with E-state index in [1.54, 1.807) is 7.11 Å². The van der Waals surface area contributed by atoms with Gasteiger partial charge in [-0.25, -0.2) is 0 Å². The summed E-state index contributed by atoms with van der Waals surface area (Å²) in [7, 11) is 3.09. The molecule has 0 saturated carbocycles. The van der Waals surface area contributed by atoms with Gasteiger partial charge in [-0.1, -0.05) is 12.1 Å². The van der Waals surface area contributed by atoms with Gasteiger partial charge in [-0.05, 0) is 30.0 Å². The first-order chi connectivity index (χ1) is 10.1. The van der Waals surface area contributed by atoms with Crippen LogP contribution in [0.1, 0.15) is 24.3 Å². The molecule has 2 atom stereocenters. The lowest BCUT2D eigenvalue weighted by atomic mass is 9.88. The maximum absolute atomic E-state index is 11.3. The van der Waals surface area contributed by atoms with Gasteiger partial charge in [0.25, 0.3) is 0 Å². The van der Waals surface area contributed by atoms with E-state index >= 15 is 0 Å². The van der Waals surface area contributed by atoms with Crippen molar-refractivity contribution in [1.82, 2.24) is 4.90 Å². The number of nitrogens with zero attached hydrogens (tertiary/aromatic N) is 1. The summed E-state index contributed by atoms with van der Waals surface area (Å²) in [5, 5.41) is 0. The number of carbonyl (C=O) groups excluding carboxylic acids is 1. The second-order valence-corrected chi connectivity index (χ2v) is 5.55. The van der Waals surface area contributed by atoms with Crippen LogP contribution in [-0.4, -0.2) is 50.8 Å². The zero-order valence-electron chi connectivity index (χ0n) is 12.7. The third-order valence-electron chi connectivity index (χ3n) is 4.01. The topological polar surface area (TPSA) is 64.8 Å². The molecular formula is C16H24N2O3. The molecule has 1 saturated heterocycles. The lowest BCUT2D eigenvalue weighted by molar-refractivity contribution is -0.141. The Morgan fingerprint density at radius 2 is 2.00 bits per heavy atom. The predicted molar refractivity (Wildman–Crippen MR) is 81.4 cm³/mol. The number of nitrogens with two attached hydrogens (primary N) is 1. The van der Waals surface area contributed by atoms with Gasteiger partial charge in [-0.3, -0.25) is 4.79 Å². The van der Waals surface area contributed by atoms with E-state index in [2.05, 4.69) is 17.0 Å². The molecule has 1 aromatic carbocycles. The molecule has 1 heterocycles. The quantitative estimate of drug-likeness (QED) is 0.831. The number of rotatable bonds is 5. The monoisotopic (exact) mass is 292 g/mol. The van der Waals surface area contributed by atoms with Crippen LogP contribution < -0.4 is 10.5 Å². The summed E-state index contributed by atoms with van der Waals surface area (Å²) in [6.07, 6.45) is 1.39. The highest BCUT2D eigenvalue weighted by atomic mass is 16.5. The number of hydrogen-bond donors (Lipinski definition) is 1. The van der Waals surface area contributed by atoms with Gasteiger partial charge in [-0.2, -0.15) is 0 Å². The Balaban J connectivity index is 1.97. The minimum Gasteiger partial charge on any atom is -0.497 e. The van der Waals surface area contributed by atoms with Crippen molar-refractivity contribution in [3.63, 3.8) is 0 Å². The molecule has 5 heteroatoms. The van der Waals surface area contributed by atoms with Gasteiger partial charge in [0.2, 0.25) is 0 Å². The van der Waals surface area contributed by atoms with Gasteiger partial charge in [0, 0.05) is 25.7 Å². The third-order valence-corrected chi connectivity index (χ3v) is 4.01. The lowest BCUT2D eigenvalue weighted by Crippen LogP contribution is -2.46. The Bertz CT molecular complexity index is 461. The van der Waals surface area contributed by atoms with Crippen LogP contribution in [0.25, 0.3) is 0 Å². The second-order valence-electron chi connectivity index (χ2n) is 5.55. The molecule has 5 nitrogen and oxygen atoms in total. The van der Waals surface area contributed by atoms with E-state index in [1.807, 2.05) is 12.1 Å². The summed E-state index contributed by atoms with van der Waals surface area (Å²) in [4.78, 5) is 13.5. The van der Waals surface area contributed by atoms with Crippen molar-refractivity contribution < 1.29 is 14.3 Å². The second kappa shape index (κ2) is 7.43. The summed E-state index contributed by atoms with van der Waals surface area (Å²) < 4.78 is 9.88. The minimum atomic E-state index is -0.171. The summed E-state index contributed by atoms with van der Waals surface area (Å²) >= 11 is 0. The molecule has 1 aliphatic rings. The van der Waals surface area contributed by atoms with E-state index in [0.29, 0.717) is 18.9 Å². The average molecular weight is 292 g/mol. The SMILES string of the molecule is COC(=O)CCN1CC(N)CC(c2ccc(OC)cc2)C1. The molecule has 1 aromatic rings. The number of methoxy groups -OCH3 is 2. The standard InChI is InChI=1S/C16H24N2O3/c1-20-15-5-3-12(4-6-15)13-9-14(17)11-18(10-13)8-7-16(19)21-2/h3-6,13-14H,7-11,17H2,1-2H3. The number of likely N-dealkylation sites (tertiary alicyclic amines) is 1. The average Bonchev–Trinajstić information content (AvgIpc) is 2.52. The largest absolute Gasteiger partial charge is 0.497 e. The Morgan fingerprint density at radius 3 is 2.62 bits per heavy atom. The van der Waals surface area contributed by atoms with Crippen molar-refractivity contribution >= 4 is 5.97 Å². The molecule has 0 bridgehead atoms. The molecule has 0 spiro atoms. The summed E-state index contributed by atoms with van der Waals surface area (Å²) in [5.74, 6) is 1.09. The third kappa shape index (κ3) is 4.44. The van der Waals surface area contributed by atoms with Crippen LogP contribution >= 0.6 is 0 Å². The smallest absolute Gasteiger partial charge is 0.306 e. The first-order valence-electron chi connectivity index (χ1n) is 7.31. The molecule has 1 fully saturated rings. The molecule has 0 radical (unpaired) electrons. The van der Waals surface area contributed by atoms with Crippen molar-refractivity contribution in [2.45, 2.75) is 24.8 Å². The Hall–Kier alpha value is -1.59. The van der Waals surface area contributed by atoms with Crippen molar-refractivity contribution in [3.05, 3.63) is 29.8 Å². The highest BCUT2D eigenvalue weighted by molar-refractivity contribution is 5.69. The molecule has 2 N–H and O–H groups in total. The van der Waals surface area contributed by atoms with E-state index in [4.69, 9.17) is 15.2 Å². The van der Waals surface area contributed by atoms with Crippen LogP contribution in [0.2, 0.25) is 0 Å². The molecule has 0 aliphatic carbocycles. The Labute approximate surface area is 126 Å². The van der Waals surface area contributed by atoms with Gasteiger partial charge in [-0.15, -0.1) is 0 Å². The van der Waals surface area contributed by atoms with Crippen LogP contribution in [0.5, 0.6) is 5.75 Å². The number of piperidine rings is 1. The summed E-state index contributed by atoms with van der Waals surface area (Å²) in [6.45, 7) is 2.47. The number of ether oxygens (including phenoxy) is 2. The number of hydrogen-bond acceptors (Lipinski definition) is 5. The highest BCUT2D eigenvalue weighted by Gasteiger charge is 2.26. The maximum atomic E-state index is 11.3. The summed E-state index contributed by atoms with van der Waals surface area (Å²) in [5.41, 5.74) is 7.44. The molecule has 1 aliphatic heterocycles. The van der Waals surface area contributed by atoms with Crippen LogP contribution in [0, 0.1) is 0 Å². The Kier molecular flexibility index (Phi) is 5.59. The van der Waals surface area contributed by atoms with Crippen LogP contribution in [0.3, 0.4) is 0 Å². The molecule has 2 unspecified atom stereocenters. The van der Waals surface area contributed by atoms with Gasteiger partial charge < -0.3 is 20.1 Å². The molecule has 0 aromatic heterocycles. The number of esters is 1. The zero-order valence-corrected chi connectivity index (χ0v) is 12.7. The number of carbonyl (C=O) groups is 1. The molecular weight excluding hydrogens is 268 g/mol.